The maximum absolute atomic E-state index is 12.6. The summed E-state index contributed by atoms with van der Waals surface area (Å²) in [6, 6.07) is 13.5. The molecule has 0 saturated carbocycles. The highest BCUT2D eigenvalue weighted by atomic mass is 19.3. The SMILES string of the molecule is COc1cccc(/C=C/C(=O)NCc2cccc(C#N)c2)c1OC(F)F. The van der Waals surface area contributed by atoms with E-state index in [1.807, 2.05) is 6.07 Å². The van der Waals surface area contributed by atoms with Gasteiger partial charge in [-0.15, -0.1) is 0 Å². The van der Waals surface area contributed by atoms with Crippen molar-refractivity contribution in [1.82, 2.24) is 5.32 Å². The van der Waals surface area contributed by atoms with Gasteiger partial charge in [-0.25, -0.2) is 0 Å². The first-order valence-electron chi connectivity index (χ1n) is 7.60. The molecule has 0 bridgehead atoms. The molecular weight excluding hydrogens is 342 g/mol. The third-order valence-corrected chi connectivity index (χ3v) is 3.37. The van der Waals surface area contributed by atoms with Crippen molar-refractivity contribution in [1.29, 1.82) is 5.26 Å². The number of para-hydroxylation sites is 1. The Morgan fingerprint density at radius 1 is 1.31 bits per heavy atom. The molecule has 0 aromatic heterocycles. The number of carbonyl (C=O) groups is 1. The molecule has 2 aromatic rings. The zero-order valence-electron chi connectivity index (χ0n) is 13.9. The third kappa shape index (κ3) is 5.31. The smallest absolute Gasteiger partial charge is 0.387 e. The zero-order valence-corrected chi connectivity index (χ0v) is 13.9. The highest BCUT2D eigenvalue weighted by Crippen LogP contribution is 2.33. The lowest BCUT2D eigenvalue weighted by atomic mass is 10.1. The van der Waals surface area contributed by atoms with Gasteiger partial charge in [0.15, 0.2) is 11.5 Å². The van der Waals surface area contributed by atoms with Gasteiger partial charge in [-0.1, -0.05) is 24.3 Å². The van der Waals surface area contributed by atoms with Crippen molar-refractivity contribution in [3.63, 3.8) is 0 Å². The van der Waals surface area contributed by atoms with Gasteiger partial charge in [0.1, 0.15) is 0 Å². The van der Waals surface area contributed by atoms with Gasteiger partial charge in [-0.05, 0) is 29.8 Å². The van der Waals surface area contributed by atoms with Crippen molar-refractivity contribution in [3.8, 4) is 17.6 Å². The van der Waals surface area contributed by atoms with E-state index < -0.39 is 12.5 Å². The summed E-state index contributed by atoms with van der Waals surface area (Å²) < 4.78 is 34.6. The Balaban J connectivity index is 2.06. The van der Waals surface area contributed by atoms with E-state index in [1.165, 1.54) is 31.4 Å². The van der Waals surface area contributed by atoms with Gasteiger partial charge in [-0.3, -0.25) is 4.79 Å². The van der Waals surface area contributed by atoms with E-state index in [2.05, 4.69) is 10.1 Å². The minimum absolute atomic E-state index is 0.140. The average Bonchev–Trinajstić information content (AvgIpc) is 2.65. The van der Waals surface area contributed by atoms with Crippen LogP contribution in [-0.2, 0) is 11.3 Å². The molecule has 0 radical (unpaired) electrons. The summed E-state index contributed by atoms with van der Waals surface area (Å²) >= 11 is 0. The van der Waals surface area contributed by atoms with Crippen LogP contribution in [-0.4, -0.2) is 19.6 Å². The highest BCUT2D eigenvalue weighted by Gasteiger charge is 2.14. The molecule has 0 spiro atoms. The fraction of sp³-hybridized carbons (Fsp3) is 0.158. The molecule has 0 saturated heterocycles. The van der Waals surface area contributed by atoms with Crippen molar-refractivity contribution in [3.05, 3.63) is 65.2 Å². The molecule has 2 aromatic carbocycles. The van der Waals surface area contributed by atoms with Gasteiger partial charge < -0.3 is 14.8 Å². The van der Waals surface area contributed by atoms with E-state index in [0.29, 0.717) is 5.56 Å². The first-order chi connectivity index (χ1) is 12.5. The van der Waals surface area contributed by atoms with Crippen molar-refractivity contribution in [2.45, 2.75) is 13.2 Å². The molecule has 1 amide bonds. The molecule has 0 aliphatic heterocycles. The number of hydrogen-bond donors (Lipinski definition) is 1. The Morgan fingerprint density at radius 2 is 2.08 bits per heavy atom. The van der Waals surface area contributed by atoms with Gasteiger partial charge in [0.05, 0.1) is 18.7 Å². The number of nitrogens with zero attached hydrogens (tertiary/aromatic N) is 1. The lowest BCUT2D eigenvalue weighted by Crippen LogP contribution is -2.20. The molecule has 0 aliphatic carbocycles. The zero-order chi connectivity index (χ0) is 18.9. The summed E-state index contributed by atoms with van der Waals surface area (Å²) in [7, 11) is 1.34. The van der Waals surface area contributed by atoms with E-state index in [-0.39, 0.29) is 23.6 Å². The molecular formula is C19H16F2N2O3. The van der Waals surface area contributed by atoms with Crippen LogP contribution in [0.15, 0.2) is 48.5 Å². The van der Waals surface area contributed by atoms with Gasteiger partial charge >= 0.3 is 6.61 Å². The number of carbonyl (C=O) groups excluding carboxylic acids is 1. The van der Waals surface area contributed by atoms with E-state index >= 15 is 0 Å². The summed E-state index contributed by atoms with van der Waals surface area (Å²) in [5.74, 6) is -0.421. The lowest BCUT2D eigenvalue weighted by Gasteiger charge is -2.12. The second kappa shape index (κ2) is 9.18. The minimum atomic E-state index is -3.01. The second-order valence-electron chi connectivity index (χ2n) is 5.12. The van der Waals surface area contributed by atoms with Crippen LogP contribution in [0.3, 0.4) is 0 Å². The van der Waals surface area contributed by atoms with Crippen LogP contribution in [0.4, 0.5) is 8.78 Å². The van der Waals surface area contributed by atoms with Gasteiger partial charge in [-0.2, -0.15) is 14.0 Å². The van der Waals surface area contributed by atoms with Crippen molar-refractivity contribution in [2.24, 2.45) is 0 Å². The summed E-state index contributed by atoms with van der Waals surface area (Å²) in [5.41, 5.74) is 1.55. The fourth-order valence-electron chi connectivity index (χ4n) is 2.20. The molecule has 7 heteroatoms. The molecule has 0 aliphatic rings. The van der Waals surface area contributed by atoms with Crippen LogP contribution < -0.4 is 14.8 Å². The van der Waals surface area contributed by atoms with Gasteiger partial charge in [0.2, 0.25) is 5.91 Å². The highest BCUT2D eigenvalue weighted by molar-refractivity contribution is 5.92. The summed E-state index contributed by atoms with van der Waals surface area (Å²) in [6.45, 7) is -2.78. The summed E-state index contributed by atoms with van der Waals surface area (Å²) in [4.78, 5) is 11.9. The second-order valence-corrected chi connectivity index (χ2v) is 5.12. The fourth-order valence-corrected chi connectivity index (χ4v) is 2.20. The summed E-state index contributed by atoms with van der Waals surface area (Å²) in [6.07, 6.45) is 2.57. The lowest BCUT2D eigenvalue weighted by molar-refractivity contribution is -0.116. The molecule has 2 rings (SSSR count). The maximum Gasteiger partial charge on any atom is 0.387 e. The predicted molar refractivity (Wildman–Crippen MR) is 91.7 cm³/mol. The number of nitriles is 1. The molecule has 0 unspecified atom stereocenters. The molecule has 0 atom stereocenters. The van der Waals surface area contributed by atoms with Crippen LogP contribution in [0.5, 0.6) is 11.5 Å². The van der Waals surface area contributed by atoms with Crippen LogP contribution in [0.2, 0.25) is 0 Å². The first kappa shape index (κ1) is 18.9. The number of halogens is 2. The number of alkyl halides is 2. The summed E-state index contributed by atoms with van der Waals surface area (Å²) in [5, 5.41) is 11.5. The van der Waals surface area contributed by atoms with E-state index in [9.17, 15) is 13.6 Å². The molecule has 134 valence electrons. The van der Waals surface area contributed by atoms with E-state index in [0.717, 1.165) is 5.56 Å². The Bertz CT molecular complexity index is 845. The predicted octanol–water partition coefficient (Wildman–Crippen LogP) is 3.50. The Kier molecular flexibility index (Phi) is 6.68. The molecule has 26 heavy (non-hydrogen) atoms. The Hall–Kier alpha value is -3.40. The van der Waals surface area contributed by atoms with E-state index in [4.69, 9.17) is 10.00 Å². The standard InChI is InChI=1S/C19H16F2N2O3/c1-25-16-7-3-6-15(18(16)26-19(20)21)8-9-17(24)23-12-14-5-2-4-13(10-14)11-22/h2-10,19H,12H2,1H3,(H,23,24)/b9-8+. The van der Waals surface area contributed by atoms with Crippen LogP contribution in [0.25, 0.3) is 6.08 Å². The van der Waals surface area contributed by atoms with Crippen LogP contribution in [0.1, 0.15) is 16.7 Å². The molecule has 5 nitrogen and oxygen atoms in total. The van der Waals surface area contributed by atoms with Crippen LogP contribution >= 0.6 is 0 Å². The third-order valence-electron chi connectivity index (χ3n) is 3.37. The Labute approximate surface area is 149 Å². The van der Waals surface area contributed by atoms with Crippen molar-refractivity contribution >= 4 is 12.0 Å². The maximum atomic E-state index is 12.6. The monoisotopic (exact) mass is 358 g/mol. The van der Waals surface area contributed by atoms with Crippen LogP contribution in [0, 0.1) is 11.3 Å². The number of methoxy groups -OCH3 is 1. The first-order valence-corrected chi connectivity index (χ1v) is 7.60. The van der Waals surface area contributed by atoms with Gasteiger partial charge in [0, 0.05) is 18.2 Å². The molecule has 0 heterocycles. The number of benzene rings is 2. The number of rotatable bonds is 7. The number of amides is 1. The normalized spacial score (nSPS) is 10.6. The number of nitrogens with one attached hydrogen (secondary N) is 1. The van der Waals surface area contributed by atoms with Crippen molar-refractivity contribution < 1.29 is 23.0 Å². The average molecular weight is 358 g/mol. The number of hydrogen-bond acceptors (Lipinski definition) is 4. The van der Waals surface area contributed by atoms with E-state index in [1.54, 1.807) is 30.3 Å². The Morgan fingerprint density at radius 3 is 2.77 bits per heavy atom. The van der Waals surface area contributed by atoms with Crippen molar-refractivity contribution in [2.75, 3.05) is 7.11 Å². The topological polar surface area (TPSA) is 71.3 Å². The quantitative estimate of drug-likeness (QED) is 0.769. The van der Waals surface area contributed by atoms with Gasteiger partial charge in [0.25, 0.3) is 0 Å². The number of ether oxygens (including phenoxy) is 2. The largest absolute Gasteiger partial charge is 0.493 e. The molecule has 1 N–H and O–H groups in total. The molecule has 0 fully saturated rings. The minimum Gasteiger partial charge on any atom is -0.493 e.